The van der Waals surface area contributed by atoms with E-state index in [4.69, 9.17) is 4.74 Å². The van der Waals surface area contributed by atoms with Crippen LogP contribution in [0.4, 0.5) is 24.5 Å². The predicted molar refractivity (Wildman–Crippen MR) is 147 cm³/mol. The van der Waals surface area contributed by atoms with Crippen LogP contribution in [0, 0.1) is 0 Å². The van der Waals surface area contributed by atoms with E-state index in [9.17, 15) is 22.8 Å². The molecule has 0 spiro atoms. The van der Waals surface area contributed by atoms with Crippen molar-refractivity contribution in [2.24, 2.45) is 4.99 Å². The van der Waals surface area contributed by atoms with Crippen molar-refractivity contribution in [2.45, 2.75) is 37.6 Å². The van der Waals surface area contributed by atoms with Crippen molar-refractivity contribution in [2.75, 3.05) is 18.5 Å². The number of thioether (sulfide) groups is 1. The number of amides is 2. The van der Waals surface area contributed by atoms with Gasteiger partial charge in [0.25, 0.3) is 0 Å². The summed E-state index contributed by atoms with van der Waals surface area (Å²) in [5, 5.41) is 2.20. The number of carbonyl (C=O) groups excluding carboxylic acids is 2. The maximum atomic E-state index is 13.3. The Balaban J connectivity index is 1.54. The minimum atomic E-state index is -4.53. The zero-order chi connectivity index (χ0) is 27.8. The summed E-state index contributed by atoms with van der Waals surface area (Å²) < 4.78 is 45.4. The first-order valence-corrected chi connectivity index (χ1v) is 13.4. The Bertz CT molecular complexity index is 1310. The lowest BCUT2D eigenvalue weighted by Crippen LogP contribution is -2.46. The fourth-order valence-corrected chi connectivity index (χ4v) is 5.01. The van der Waals surface area contributed by atoms with Gasteiger partial charge < -0.3 is 10.1 Å². The number of halogens is 3. The maximum absolute atomic E-state index is 13.3. The van der Waals surface area contributed by atoms with Gasteiger partial charge in [0.05, 0.1) is 17.9 Å². The second kappa shape index (κ2) is 12.8. The Morgan fingerprint density at radius 2 is 1.82 bits per heavy atom. The Kier molecular flexibility index (Phi) is 9.29. The number of aliphatic imine (C=N–C) groups is 1. The number of nitrogens with zero attached hydrogens (tertiary/aromatic N) is 2. The van der Waals surface area contributed by atoms with Gasteiger partial charge in [-0.05, 0) is 60.9 Å². The Morgan fingerprint density at radius 1 is 1.08 bits per heavy atom. The zero-order valence-electron chi connectivity index (χ0n) is 21.3. The minimum Gasteiger partial charge on any atom is -0.494 e. The zero-order valence-corrected chi connectivity index (χ0v) is 22.1. The smallest absolute Gasteiger partial charge is 0.416 e. The van der Waals surface area contributed by atoms with E-state index >= 15 is 0 Å². The molecule has 1 aliphatic heterocycles. The molecular weight excluding hydrogens is 527 g/mol. The summed E-state index contributed by atoms with van der Waals surface area (Å²) in [6.45, 7) is 2.87. The molecule has 3 aromatic rings. The molecule has 0 saturated carbocycles. The van der Waals surface area contributed by atoms with Crippen LogP contribution in [0.15, 0.2) is 83.9 Å². The SMILES string of the molecule is CCCOc1ccc(NC(=O)C2CC(=O)N(CCc3ccccc3)C(=Nc3cccc(C(F)(F)F)c3)S2)cc1. The molecule has 1 heterocycles. The number of ether oxygens (including phenoxy) is 1. The van der Waals surface area contributed by atoms with Crippen LogP contribution >= 0.6 is 11.8 Å². The van der Waals surface area contributed by atoms with E-state index in [-0.39, 0.29) is 29.7 Å². The van der Waals surface area contributed by atoms with Gasteiger partial charge >= 0.3 is 6.18 Å². The van der Waals surface area contributed by atoms with Crippen LogP contribution in [0.3, 0.4) is 0 Å². The molecule has 1 aliphatic rings. The van der Waals surface area contributed by atoms with Gasteiger partial charge in [-0.25, -0.2) is 4.99 Å². The predicted octanol–water partition coefficient (Wildman–Crippen LogP) is 6.70. The number of hydrogen-bond acceptors (Lipinski definition) is 5. The van der Waals surface area contributed by atoms with Crippen molar-refractivity contribution in [3.63, 3.8) is 0 Å². The molecule has 39 heavy (non-hydrogen) atoms. The van der Waals surface area contributed by atoms with Gasteiger partial charge in [-0.2, -0.15) is 13.2 Å². The number of benzene rings is 3. The molecule has 10 heteroatoms. The van der Waals surface area contributed by atoms with Gasteiger partial charge in [-0.1, -0.05) is 55.1 Å². The second-order valence-electron chi connectivity index (χ2n) is 8.90. The summed E-state index contributed by atoms with van der Waals surface area (Å²) in [6.07, 6.45) is -3.20. The van der Waals surface area contributed by atoms with Crippen molar-refractivity contribution in [1.29, 1.82) is 0 Å². The van der Waals surface area contributed by atoms with Gasteiger partial charge in [-0.15, -0.1) is 0 Å². The van der Waals surface area contributed by atoms with Crippen LogP contribution in [0.25, 0.3) is 0 Å². The second-order valence-corrected chi connectivity index (χ2v) is 10.1. The number of alkyl halides is 3. The molecule has 204 valence electrons. The number of amidine groups is 1. The van der Waals surface area contributed by atoms with Crippen LogP contribution in [0.2, 0.25) is 0 Å². The highest BCUT2D eigenvalue weighted by molar-refractivity contribution is 8.15. The lowest BCUT2D eigenvalue weighted by molar-refractivity contribution is -0.137. The van der Waals surface area contributed by atoms with E-state index in [2.05, 4.69) is 10.3 Å². The number of carbonyl (C=O) groups is 2. The average Bonchev–Trinajstić information content (AvgIpc) is 2.92. The lowest BCUT2D eigenvalue weighted by Gasteiger charge is -2.32. The molecule has 1 atom stereocenters. The largest absolute Gasteiger partial charge is 0.494 e. The summed E-state index contributed by atoms with van der Waals surface area (Å²) in [6, 6.07) is 21.0. The third-order valence-electron chi connectivity index (χ3n) is 5.89. The fourth-order valence-electron chi connectivity index (χ4n) is 3.89. The van der Waals surface area contributed by atoms with Gasteiger partial charge in [0.2, 0.25) is 11.8 Å². The van der Waals surface area contributed by atoms with E-state index in [1.165, 1.54) is 17.0 Å². The van der Waals surface area contributed by atoms with Crippen molar-refractivity contribution >= 4 is 40.1 Å². The maximum Gasteiger partial charge on any atom is 0.416 e. The molecule has 1 fully saturated rings. The van der Waals surface area contributed by atoms with Gasteiger partial charge in [-0.3, -0.25) is 14.5 Å². The minimum absolute atomic E-state index is 0.0496. The molecule has 2 amide bonds. The summed E-state index contributed by atoms with van der Waals surface area (Å²) in [5.74, 6) is -0.0319. The third kappa shape index (κ3) is 7.86. The van der Waals surface area contributed by atoms with E-state index in [1.807, 2.05) is 37.3 Å². The highest BCUT2D eigenvalue weighted by atomic mass is 32.2. The molecule has 1 N–H and O–H groups in total. The number of hydrogen-bond donors (Lipinski definition) is 1. The van der Waals surface area contributed by atoms with Gasteiger partial charge in [0, 0.05) is 18.7 Å². The molecule has 0 radical (unpaired) electrons. The first-order valence-electron chi connectivity index (χ1n) is 12.5. The van der Waals surface area contributed by atoms with Crippen LogP contribution < -0.4 is 10.1 Å². The molecule has 4 rings (SSSR count). The summed E-state index contributed by atoms with van der Waals surface area (Å²) in [5.41, 5.74) is 0.751. The third-order valence-corrected chi connectivity index (χ3v) is 7.08. The van der Waals surface area contributed by atoms with Crippen molar-refractivity contribution in [3.8, 4) is 5.75 Å². The summed E-state index contributed by atoms with van der Waals surface area (Å²) >= 11 is 1.07. The Labute approximate surface area is 229 Å². The van der Waals surface area contributed by atoms with Crippen molar-refractivity contribution in [3.05, 3.63) is 90.0 Å². The first kappa shape index (κ1) is 28.2. The number of rotatable bonds is 9. The molecule has 3 aromatic carbocycles. The topological polar surface area (TPSA) is 71.0 Å². The van der Waals surface area contributed by atoms with Crippen LogP contribution in [0.5, 0.6) is 5.75 Å². The summed E-state index contributed by atoms with van der Waals surface area (Å²) in [4.78, 5) is 32.2. The van der Waals surface area contributed by atoms with E-state index < -0.39 is 22.9 Å². The Morgan fingerprint density at radius 3 is 2.51 bits per heavy atom. The quantitative estimate of drug-likeness (QED) is 0.319. The monoisotopic (exact) mass is 555 g/mol. The van der Waals surface area contributed by atoms with Crippen LogP contribution in [-0.2, 0) is 22.2 Å². The van der Waals surface area contributed by atoms with Crippen LogP contribution in [-0.4, -0.2) is 40.3 Å². The highest BCUT2D eigenvalue weighted by Gasteiger charge is 2.36. The molecular formula is C29H28F3N3O3S. The molecule has 1 saturated heterocycles. The molecule has 6 nitrogen and oxygen atoms in total. The fraction of sp³-hybridized carbons (Fsp3) is 0.276. The first-order chi connectivity index (χ1) is 18.7. The Hall–Kier alpha value is -3.79. The van der Waals surface area contributed by atoms with Crippen LogP contribution in [0.1, 0.15) is 30.9 Å². The van der Waals surface area contributed by atoms with E-state index in [1.54, 1.807) is 24.3 Å². The van der Waals surface area contributed by atoms with E-state index in [0.29, 0.717) is 24.5 Å². The standard InChI is InChI=1S/C29H28F3N3O3S/c1-2-17-38-24-13-11-22(12-14-24)33-27(37)25-19-26(36)35(16-15-20-7-4-3-5-8-20)28(39-25)34-23-10-6-9-21(18-23)29(30,31)32/h3-14,18,25H,2,15-17,19H2,1H3,(H,33,37). The van der Waals surface area contributed by atoms with Gasteiger partial charge in [0.1, 0.15) is 11.0 Å². The normalized spacial score (nSPS) is 16.8. The van der Waals surface area contributed by atoms with E-state index in [0.717, 1.165) is 35.9 Å². The molecule has 0 bridgehead atoms. The number of nitrogens with one attached hydrogen (secondary N) is 1. The van der Waals surface area contributed by atoms with Gasteiger partial charge in [0.15, 0.2) is 5.17 Å². The lowest BCUT2D eigenvalue weighted by atomic mass is 10.1. The average molecular weight is 556 g/mol. The van der Waals surface area contributed by atoms with Crippen molar-refractivity contribution in [1.82, 2.24) is 4.90 Å². The molecule has 0 aliphatic carbocycles. The van der Waals surface area contributed by atoms with Crippen molar-refractivity contribution < 1.29 is 27.5 Å². The number of anilines is 1. The molecule has 1 unspecified atom stereocenters. The summed E-state index contributed by atoms with van der Waals surface area (Å²) in [7, 11) is 0. The molecule has 0 aromatic heterocycles. The highest BCUT2D eigenvalue weighted by Crippen LogP contribution is 2.34.